The number of hydrogen-bond acceptors (Lipinski definition) is 3. The minimum absolute atomic E-state index is 0.921. The second-order valence-corrected chi connectivity index (χ2v) is 10.9. The van der Waals surface area contributed by atoms with Crippen LogP contribution in [0.2, 0.25) is 0 Å². The highest BCUT2D eigenvalue weighted by atomic mass is 15.3. The predicted molar refractivity (Wildman–Crippen MR) is 156 cm³/mol. The highest BCUT2D eigenvalue weighted by molar-refractivity contribution is 5.61. The predicted octanol–water partition coefficient (Wildman–Crippen LogP) is 9.64. The van der Waals surface area contributed by atoms with E-state index in [0.717, 1.165) is 23.5 Å². The molecule has 0 aliphatic rings. The molecule has 4 heteroatoms. The van der Waals surface area contributed by atoms with E-state index in [4.69, 9.17) is 0 Å². The SMILES string of the molecule is CCCCCCCCCCCN(CCCCCCCCCCC)Cc1[nH]nnc1-c1ccc(C)cc1. The van der Waals surface area contributed by atoms with Crippen LogP contribution in [0.4, 0.5) is 0 Å². The first-order valence-corrected chi connectivity index (χ1v) is 15.4. The summed E-state index contributed by atoms with van der Waals surface area (Å²) in [5.74, 6) is 0. The number of aromatic amines is 1. The first-order chi connectivity index (χ1) is 17.7. The molecule has 1 aromatic carbocycles. The van der Waals surface area contributed by atoms with Crippen LogP contribution in [0.3, 0.4) is 0 Å². The molecule has 1 aromatic heterocycles. The van der Waals surface area contributed by atoms with Gasteiger partial charge in [-0.05, 0) is 32.9 Å². The van der Waals surface area contributed by atoms with E-state index < -0.39 is 0 Å². The molecule has 0 aliphatic heterocycles. The molecular weight excluding hydrogens is 440 g/mol. The van der Waals surface area contributed by atoms with Crippen LogP contribution >= 0.6 is 0 Å². The zero-order valence-corrected chi connectivity index (χ0v) is 24.0. The van der Waals surface area contributed by atoms with Crippen molar-refractivity contribution in [2.45, 2.75) is 143 Å². The number of hydrogen-bond donors (Lipinski definition) is 1. The monoisotopic (exact) mass is 496 g/mol. The Balaban J connectivity index is 1.77. The third kappa shape index (κ3) is 13.6. The van der Waals surface area contributed by atoms with Crippen molar-refractivity contribution in [2.75, 3.05) is 13.1 Å². The average Bonchev–Trinajstić information content (AvgIpc) is 3.35. The van der Waals surface area contributed by atoms with Gasteiger partial charge in [0.2, 0.25) is 0 Å². The fourth-order valence-electron chi connectivity index (χ4n) is 5.09. The van der Waals surface area contributed by atoms with Gasteiger partial charge < -0.3 is 0 Å². The summed E-state index contributed by atoms with van der Waals surface area (Å²) >= 11 is 0. The Kier molecular flexibility index (Phi) is 17.3. The normalized spacial score (nSPS) is 11.6. The number of unbranched alkanes of at least 4 members (excludes halogenated alkanes) is 16. The van der Waals surface area contributed by atoms with E-state index in [1.54, 1.807) is 0 Å². The number of nitrogens with one attached hydrogen (secondary N) is 1. The summed E-state index contributed by atoms with van der Waals surface area (Å²) in [6, 6.07) is 8.66. The highest BCUT2D eigenvalue weighted by Crippen LogP contribution is 2.22. The van der Waals surface area contributed by atoms with E-state index >= 15 is 0 Å². The van der Waals surface area contributed by atoms with E-state index in [2.05, 4.69) is 65.3 Å². The molecule has 0 amide bonds. The van der Waals surface area contributed by atoms with Crippen LogP contribution in [0.1, 0.15) is 141 Å². The van der Waals surface area contributed by atoms with Crippen molar-refractivity contribution >= 4 is 0 Å². The second kappa shape index (κ2) is 20.4. The Labute approximate surface area is 223 Å². The molecule has 204 valence electrons. The number of H-pyrrole nitrogens is 1. The molecule has 0 fully saturated rings. The van der Waals surface area contributed by atoms with Crippen molar-refractivity contribution in [1.82, 2.24) is 20.3 Å². The molecule has 1 heterocycles. The van der Waals surface area contributed by atoms with Crippen molar-refractivity contribution in [3.05, 3.63) is 35.5 Å². The minimum Gasteiger partial charge on any atom is -0.297 e. The van der Waals surface area contributed by atoms with E-state index in [0.29, 0.717) is 0 Å². The molecule has 0 saturated heterocycles. The fraction of sp³-hybridized carbons (Fsp3) is 0.750. The van der Waals surface area contributed by atoms with Crippen LogP contribution in [-0.4, -0.2) is 33.4 Å². The van der Waals surface area contributed by atoms with Crippen LogP contribution in [0.5, 0.6) is 0 Å². The maximum atomic E-state index is 4.44. The molecular formula is C32H56N4. The number of aryl methyl sites for hydroxylation is 1. The van der Waals surface area contributed by atoms with Gasteiger partial charge in [-0.2, -0.15) is 0 Å². The lowest BCUT2D eigenvalue weighted by Crippen LogP contribution is -2.26. The summed E-state index contributed by atoms with van der Waals surface area (Å²) in [6.07, 6.45) is 24.9. The summed E-state index contributed by atoms with van der Waals surface area (Å²) in [5.41, 5.74) is 4.61. The minimum atomic E-state index is 0.921. The van der Waals surface area contributed by atoms with Crippen molar-refractivity contribution in [1.29, 1.82) is 0 Å². The molecule has 0 unspecified atom stereocenters. The Morgan fingerprint density at radius 3 is 1.53 bits per heavy atom. The van der Waals surface area contributed by atoms with E-state index in [9.17, 15) is 0 Å². The van der Waals surface area contributed by atoms with Gasteiger partial charge in [0.25, 0.3) is 0 Å². The van der Waals surface area contributed by atoms with Crippen molar-refractivity contribution in [3.8, 4) is 11.3 Å². The summed E-state index contributed by atoms with van der Waals surface area (Å²) in [5, 5.41) is 11.8. The van der Waals surface area contributed by atoms with Gasteiger partial charge in [0.15, 0.2) is 0 Å². The second-order valence-electron chi connectivity index (χ2n) is 10.9. The number of rotatable bonds is 23. The van der Waals surface area contributed by atoms with Crippen LogP contribution in [0.15, 0.2) is 24.3 Å². The zero-order chi connectivity index (χ0) is 25.7. The number of aromatic nitrogens is 3. The van der Waals surface area contributed by atoms with Crippen molar-refractivity contribution in [2.24, 2.45) is 0 Å². The zero-order valence-electron chi connectivity index (χ0n) is 24.0. The molecule has 36 heavy (non-hydrogen) atoms. The van der Waals surface area contributed by atoms with Gasteiger partial charge in [0, 0.05) is 12.1 Å². The quantitative estimate of drug-likeness (QED) is 0.156. The van der Waals surface area contributed by atoms with Crippen molar-refractivity contribution in [3.63, 3.8) is 0 Å². The van der Waals surface area contributed by atoms with Gasteiger partial charge in [0.05, 0.1) is 5.69 Å². The molecule has 4 nitrogen and oxygen atoms in total. The topological polar surface area (TPSA) is 44.8 Å². The summed E-state index contributed by atoms with van der Waals surface area (Å²) in [7, 11) is 0. The summed E-state index contributed by atoms with van der Waals surface area (Å²) < 4.78 is 0. The molecule has 0 bridgehead atoms. The van der Waals surface area contributed by atoms with Crippen LogP contribution in [0.25, 0.3) is 11.3 Å². The smallest absolute Gasteiger partial charge is 0.117 e. The van der Waals surface area contributed by atoms with Gasteiger partial charge in [-0.15, -0.1) is 5.10 Å². The average molecular weight is 497 g/mol. The highest BCUT2D eigenvalue weighted by Gasteiger charge is 2.14. The Morgan fingerprint density at radius 2 is 1.06 bits per heavy atom. The molecule has 0 spiro atoms. The Morgan fingerprint density at radius 1 is 0.611 bits per heavy atom. The third-order valence-corrected chi connectivity index (χ3v) is 7.48. The maximum absolute atomic E-state index is 4.44. The fourth-order valence-corrected chi connectivity index (χ4v) is 5.09. The van der Waals surface area contributed by atoms with Gasteiger partial charge in [-0.25, -0.2) is 0 Å². The number of nitrogens with zero attached hydrogens (tertiary/aromatic N) is 3. The lowest BCUT2D eigenvalue weighted by Gasteiger charge is -2.22. The molecule has 2 rings (SSSR count). The van der Waals surface area contributed by atoms with E-state index in [1.807, 2.05) is 0 Å². The van der Waals surface area contributed by atoms with Gasteiger partial charge in [0.1, 0.15) is 5.69 Å². The lowest BCUT2D eigenvalue weighted by molar-refractivity contribution is 0.249. The largest absolute Gasteiger partial charge is 0.297 e. The van der Waals surface area contributed by atoms with E-state index in [-0.39, 0.29) is 0 Å². The first kappa shape index (κ1) is 30.5. The Bertz CT molecular complexity index is 730. The summed E-state index contributed by atoms with van der Waals surface area (Å²) in [4.78, 5) is 2.65. The Hall–Kier alpha value is -1.68. The standard InChI is InChI=1S/C32H56N4/c1-4-6-8-10-12-14-16-18-20-26-36(27-21-19-17-15-13-11-9-7-5-2)28-31-32(34-35-33-31)30-24-22-29(3)23-25-30/h22-25H,4-21,26-28H2,1-3H3,(H,33,34,35). The molecule has 0 radical (unpaired) electrons. The van der Waals surface area contributed by atoms with Crippen molar-refractivity contribution < 1.29 is 0 Å². The number of benzene rings is 1. The van der Waals surface area contributed by atoms with Crippen LogP contribution in [0, 0.1) is 6.92 Å². The first-order valence-electron chi connectivity index (χ1n) is 15.4. The molecule has 2 aromatic rings. The van der Waals surface area contributed by atoms with Gasteiger partial charge >= 0.3 is 0 Å². The van der Waals surface area contributed by atoms with E-state index in [1.165, 1.54) is 134 Å². The van der Waals surface area contributed by atoms with Crippen LogP contribution < -0.4 is 0 Å². The van der Waals surface area contributed by atoms with Gasteiger partial charge in [-0.3, -0.25) is 10.00 Å². The van der Waals surface area contributed by atoms with Crippen LogP contribution in [-0.2, 0) is 6.54 Å². The van der Waals surface area contributed by atoms with Gasteiger partial charge in [-0.1, -0.05) is 152 Å². The maximum Gasteiger partial charge on any atom is 0.117 e. The third-order valence-electron chi connectivity index (χ3n) is 7.48. The molecule has 0 aliphatic carbocycles. The molecule has 0 atom stereocenters. The summed E-state index contributed by atoms with van der Waals surface area (Å²) in [6.45, 7) is 10.0. The lowest BCUT2D eigenvalue weighted by atomic mass is 10.1. The molecule has 0 saturated carbocycles. The molecule has 1 N–H and O–H groups in total.